The van der Waals surface area contributed by atoms with E-state index in [4.69, 9.17) is 4.52 Å². The Balaban J connectivity index is 2.20. The fourth-order valence-corrected chi connectivity index (χ4v) is 5.29. The van der Waals surface area contributed by atoms with E-state index < -0.39 is 22.0 Å². The van der Waals surface area contributed by atoms with Gasteiger partial charge in [0.25, 0.3) is 10.0 Å². The van der Waals surface area contributed by atoms with Crippen LogP contribution in [0, 0.1) is 12.8 Å². The van der Waals surface area contributed by atoms with Gasteiger partial charge in [0.15, 0.2) is 5.82 Å². The van der Waals surface area contributed by atoms with E-state index in [0.717, 1.165) is 11.3 Å². The van der Waals surface area contributed by atoms with Crippen LogP contribution in [0.15, 0.2) is 30.7 Å². The first-order chi connectivity index (χ1) is 11.2. The molecule has 132 valence electrons. The van der Waals surface area contributed by atoms with Crippen LogP contribution in [-0.2, 0) is 14.8 Å². The lowest BCUT2D eigenvalue weighted by Gasteiger charge is -2.22. The number of carbonyl (C=O) groups is 1. The molecular formula is C14H18BrN3O4S2. The Bertz CT molecular complexity index is 816. The quantitative estimate of drug-likeness (QED) is 0.695. The van der Waals surface area contributed by atoms with E-state index in [0.29, 0.717) is 16.0 Å². The number of aryl methyl sites for hydroxylation is 1. The fourth-order valence-electron chi connectivity index (χ4n) is 1.96. The summed E-state index contributed by atoms with van der Waals surface area (Å²) in [6.45, 7) is 5.40. The molecule has 0 bridgehead atoms. The Morgan fingerprint density at radius 1 is 1.46 bits per heavy atom. The van der Waals surface area contributed by atoms with Crippen molar-refractivity contribution in [2.75, 3.05) is 5.32 Å². The number of anilines is 1. The molecule has 0 saturated carbocycles. The number of hydrogen-bond donors (Lipinski definition) is 2. The second-order valence-electron chi connectivity index (χ2n) is 5.36. The molecule has 7 nitrogen and oxygen atoms in total. The van der Waals surface area contributed by atoms with Crippen molar-refractivity contribution in [3.8, 4) is 0 Å². The second kappa shape index (κ2) is 7.77. The Kier molecular flexibility index (Phi) is 6.18. The molecule has 0 aliphatic carbocycles. The number of amides is 1. The lowest BCUT2D eigenvalue weighted by atomic mass is 9.99. The van der Waals surface area contributed by atoms with Crippen LogP contribution in [0.3, 0.4) is 0 Å². The minimum absolute atomic E-state index is 0.146. The number of aromatic nitrogens is 1. The lowest BCUT2D eigenvalue weighted by molar-refractivity contribution is -0.118. The van der Waals surface area contributed by atoms with Gasteiger partial charge in [0.05, 0.1) is 3.79 Å². The Morgan fingerprint density at radius 2 is 2.17 bits per heavy atom. The minimum atomic E-state index is -3.79. The molecule has 2 heterocycles. The Hall–Kier alpha value is -1.23. The van der Waals surface area contributed by atoms with Crippen molar-refractivity contribution < 1.29 is 17.7 Å². The first-order valence-corrected chi connectivity index (χ1v) is 10.3. The second-order valence-corrected chi connectivity index (χ2v) is 9.76. The summed E-state index contributed by atoms with van der Waals surface area (Å²) in [4.78, 5) is 12.5. The molecule has 0 aliphatic heterocycles. The summed E-state index contributed by atoms with van der Waals surface area (Å²) in [6, 6.07) is 3.79. The highest BCUT2D eigenvalue weighted by Gasteiger charge is 2.30. The minimum Gasteiger partial charge on any atom is -0.360 e. The van der Waals surface area contributed by atoms with Gasteiger partial charge in [-0.3, -0.25) is 4.79 Å². The molecular weight excluding hydrogens is 418 g/mol. The molecule has 2 aromatic heterocycles. The van der Waals surface area contributed by atoms with E-state index in [1.807, 2.05) is 13.8 Å². The zero-order valence-corrected chi connectivity index (χ0v) is 16.6. The standard InChI is InChI=1S/C14H18BrN3O4S2/c1-4-8(2)13(14(19)16-11-7-9(3)22-17-11)18-24(20,21)12-6-5-10(15)23-12/h5-8,13,18H,4H2,1-3H3,(H,16,17,19). The third kappa shape index (κ3) is 4.65. The highest BCUT2D eigenvalue weighted by molar-refractivity contribution is 9.11. The van der Waals surface area contributed by atoms with E-state index in [2.05, 4.69) is 31.1 Å². The molecule has 0 aromatic carbocycles. The summed E-state index contributed by atoms with van der Waals surface area (Å²) < 4.78 is 33.2. The Labute approximate surface area is 153 Å². The van der Waals surface area contributed by atoms with E-state index in [1.54, 1.807) is 19.1 Å². The average Bonchev–Trinajstić information content (AvgIpc) is 3.13. The summed E-state index contributed by atoms with van der Waals surface area (Å²) in [7, 11) is -3.79. The highest BCUT2D eigenvalue weighted by atomic mass is 79.9. The van der Waals surface area contributed by atoms with Crippen molar-refractivity contribution in [1.82, 2.24) is 9.88 Å². The zero-order chi connectivity index (χ0) is 17.9. The van der Waals surface area contributed by atoms with Gasteiger partial charge in [-0.2, -0.15) is 4.72 Å². The molecule has 0 fully saturated rings. The molecule has 2 aromatic rings. The molecule has 1 amide bonds. The van der Waals surface area contributed by atoms with Crippen molar-refractivity contribution in [3.63, 3.8) is 0 Å². The van der Waals surface area contributed by atoms with Crippen molar-refractivity contribution >= 4 is 49.0 Å². The van der Waals surface area contributed by atoms with Gasteiger partial charge in [-0.1, -0.05) is 25.4 Å². The molecule has 2 atom stereocenters. The highest BCUT2D eigenvalue weighted by Crippen LogP contribution is 2.26. The van der Waals surface area contributed by atoms with Crippen LogP contribution in [0.4, 0.5) is 5.82 Å². The fraction of sp³-hybridized carbons (Fsp3) is 0.429. The molecule has 2 unspecified atom stereocenters. The molecule has 0 spiro atoms. The van der Waals surface area contributed by atoms with Crippen LogP contribution < -0.4 is 10.0 Å². The van der Waals surface area contributed by atoms with Gasteiger partial charge in [-0.25, -0.2) is 8.42 Å². The number of halogens is 1. The van der Waals surface area contributed by atoms with E-state index in [-0.39, 0.29) is 15.9 Å². The van der Waals surface area contributed by atoms with Gasteiger partial charge < -0.3 is 9.84 Å². The predicted octanol–water partition coefficient (Wildman–Crippen LogP) is 3.14. The van der Waals surface area contributed by atoms with E-state index in [9.17, 15) is 13.2 Å². The van der Waals surface area contributed by atoms with Crippen LogP contribution in [-0.4, -0.2) is 25.5 Å². The predicted molar refractivity (Wildman–Crippen MR) is 95.5 cm³/mol. The number of thiophene rings is 1. The normalized spacial score (nSPS) is 14.3. The lowest BCUT2D eigenvalue weighted by Crippen LogP contribution is -2.47. The number of sulfonamides is 1. The average molecular weight is 436 g/mol. The first kappa shape index (κ1) is 19.1. The summed E-state index contributed by atoms with van der Waals surface area (Å²) in [6.07, 6.45) is 0.632. The Morgan fingerprint density at radius 3 is 2.67 bits per heavy atom. The van der Waals surface area contributed by atoms with Gasteiger partial charge in [-0.05, 0) is 40.9 Å². The van der Waals surface area contributed by atoms with Gasteiger partial charge in [0.2, 0.25) is 5.91 Å². The zero-order valence-electron chi connectivity index (χ0n) is 13.4. The maximum atomic E-state index is 12.5. The van der Waals surface area contributed by atoms with Crippen LogP contribution in [0.25, 0.3) is 0 Å². The molecule has 0 saturated heterocycles. The number of rotatable bonds is 7. The smallest absolute Gasteiger partial charge is 0.250 e. The largest absolute Gasteiger partial charge is 0.360 e. The van der Waals surface area contributed by atoms with Crippen molar-refractivity contribution in [1.29, 1.82) is 0 Å². The van der Waals surface area contributed by atoms with E-state index >= 15 is 0 Å². The van der Waals surface area contributed by atoms with Gasteiger partial charge in [0, 0.05) is 6.07 Å². The summed E-state index contributed by atoms with van der Waals surface area (Å²) in [5.74, 6) is 0.131. The summed E-state index contributed by atoms with van der Waals surface area (Å²) in [5, 5.41) is 6.27. The van der Waals surface area contributed by atoms with Crippen LogP contribution in [0.2, 0.25) is 0 Å². The van der Waals surface area contributed by atoms with E-state index in [1.165, 1.54) is 6.07 Å². The summed E-state index contributed by atoms with van der Waals surface area (Å²) in [5.41, 5.74) is 0. The van der Waals surface area contributed by atoms with Crippen LogP contribution >= 0.6 is 27.3 Å². The number of nitrogens with one attached hydrogen (secondary N) is 2. The maximum absolute atomic E-state index is 12.5. The van der Waals surface area contributed by atoms with Gasteiger partial charge in [0.1, 0.15) is 16.0 Å². The third-order valence-electron chi connectivity index (χ3n) is 3.47. The number of carbonyl (C=O) groups excluding carboxylic acids is 1. The number of nitrogens with zero attached hydrogens (tertiary/aromatic N) is 1. The molecule has 2 N–H and O–H groups in total. The first-order valence-electron chi connectivity index (χ1n) is 7.24. The summed E-state index contributed by atoms with van der Waals surface area (Å²) >= 11 is 4.32. The van der Waals surface area contributed by atoms with Crippen molar-refractivity contribution in [2.45, 2.75) is 37.4 Å². The molecule has 24 heavy (non-hydrogen) atoms. The van der Waals surface area contributed by atoms with Gasteiger partial charge in [-0.15, -0.1) is 11.3 Å². The SMILES string of the molecule is CCC(C)C(NS(=O)(=O)c1ccc(Br)s1)C(=O)Nc1cc(C)on1. The molecule has 2 rings (SSSR count). The maximum Gasteiger partial charge on any atom is 0.250 e. The topological polar surface area (TPSA) is 101 Å². The molecule has 0 aliphatic rings. The number of hydrogen-bond acceptors (Lipinski definition) is 6. The van der Waals surface area contributed by atoms with Gasteiger partial charge >= 0.3 is 0 Å². The van der Waals surface area contributed by atoms with Crippen molar-refractivity contribution in [3.05, 3.63) is 27.7 Å². The molecule has 0 radical (unpaired) electrons. The monoisotopic (exact) mass is 435 g/mol. The molecule has 10 heteroatoms. The van der Waals surface area contributed by atoms with Crippen LogP contribution in [0.5, 0.6) is 0 Å². The van der Waals surface area contributed by atoms with Crippen LogP contribution in [0.1, 0.15) is 26.0 Å². The third-order valence-corrected chi connectivity index (χ3v) is 7.03. The van der Waals surface area contributed by atoms with Crippen molar-refractivity contribution in [2.24, 2.45) is 5.92 Å².